The molecular weight excluding hydrogens is 436 g/mol. The van der Waals surface area contributed by atoms with Crippen LogP contribution in [0.25, 0.3) is 11.1 Å². The van der Waals surface area contributed by atoms with Crippen LogP contribution in [0.5, 0.6) is 0 Å². The molecule has 2 amide bonds. The number of aliphatic carboxylic acids is 1. The van der Waals surface area contributed by atoms with Gasteiger partial charge in [0.25, 0.3) is 5.91 Å². The number of carboxylic acids is 1. The number of nitrogens with zero attached hydrogens (tertiary/aromatic N) is 1. The van der Waals surface area contributed by atoms with E-state index in [-0.39, 0.29) is 25.7 Å². The van der Waals surface area contributed by atoms with Crippen LogP contribution in [0, 0.1) is 11.8 Å². The van der Waals surface area contributed by atoms with E-state index in [1.165, 1.54) is 12.0 Å². The van der Waals surface area contributed by atoms with Crippen LogP contribution in [0.2, 0.25) is 0 Å². The lowest BCUT2D eigenvalue weighted by Gasteiger charge is -2.32. The van der Waals surface area contributed by atoms with Crippen LogP contribution in [0.1, 0.15) is 29.9 Å². The second-order valence-electron chi connectivity index (χ2n) is 8.31. The fourth-order valence-corrected chi connectivity index (χ4v) is 4.80. The Hall–Kier alpha value is -3.83. The molecule has 2 aliphatic rings. The van der Waals surface area contributed by atoms with E-state index < -0.39 is 23.5 Å². The van der Waals surface area contributed by atoms with Gasteiger partial charge in [-0.25, -0.2) is 9.59 Å². The first-order valence-electron chi connectivity index (χ1n) is 11.1. The molecular formula is C26H26N2O6. The Labute approximate surface area is 197 Å². The molecule has 176 valence electrons. The van der Waals surface area contributed by atoms with Crippen molar-refractivity contribution in [3.05, 3.63) is 59.7 Å². The molecule has 4 rings (SSSR count). The summed E-state index contributed by atoms with van der Waals surface area (Å²) in [7, 11) is 1.40. The van der Waals surface area contributed by atoms with E-state index in [9.17, 15) is 19.5 Å². The van der Waals surface area contributed by atoms with E-state index in [2.05, 4.69) is 29.3 Å². The number of nitrogens with one attached hydrogen (secondary N) is 1. The number of carbonyl (C=O) groups is 3. The lowest BCUT2D eigenvalue weighted by atomic mass is 9.97. The monoisotopic (exact) mass is 462 g/mol. The Balaban J connectivity index is 1.31. The minimum Gasteiger partial charge on any atom is -0.479 e. The average molecular weight is 463 g/mol. The van der Waals surface area contributed by atoms with E-state index >= 15 is 0 Å². The number of amides is 2. The summed E-state index contributed by atoms with van der Waals surface area (Å²) in [5, 5.41) is 12.2. The van der Waals surface area contributed by atoms with E-state index in [0.29, 0.717) is 19.4 Å². The first-order chi connectivity index (χ1) is 16.5. The van der Waals surface area contributed by atoms with Gasteiger partial charge in [0, 0.05) is 19.6 Å². The number of hydrogen-bond acceptors (Lipinski definition) is 5. The SMILES string of the molecule is COCC1(C(=O)O)CCCN1C(=O)C#CCNC(=O)OCC1c2ccccc2-c2ccccc21. The van der Waals surface area contributed by atoms with Crippen molar-refractivity contribution in [3.63, 3.8) is 0 Å². The van der Waals surface area contributed by atoms with Crippen molar-refractivity contribution < 1.29 is 29.0 Å². The summed E-state index contributed by atoms with van der Waals surface area (Å²) in [5.74, 6) is 3.24. The molecule has 0 aromatic heterocycles. The zero-order chi connectivity index (χ0) is 24.1. The smallest absolute Gasteiger partial charge is 0.407 e. The normalized spacial score (nSPS) is 18.4. The number of ether oxygens (including phenoxy) is 2. The van der Waals surface area contributed by atoms with Crippen LogP contribution in [0.4, 0.5) is 4.79 Å². The van der Waals surface area contributed by atoms with Gasteiger partial charge in [0.05, 0.1) is 13.2 Å². The number of rotatable bonds is 6. The number of fused-ring (bicyclic) bond motifs is 3. The minimum absolute atomic E-state index is 0.0501. The molecule has 1 heterocycles. The van der Waals surface area contributed by atoms with Crippen molar-refractivity contribution in [2.75, 3.05) is 33.4 Å². The van der Waals surface area contributed by atoms with Crippen LogP contribution in [0.15, 0.2) is 48.5 Å². The van der Waals surface area contributed by atoms with E-state index in [4.69, 9.17) is 9.47 Å². The average Bonchev–Trinajstić information content (AvgIpc) is 3.41. The van der Waals surface area contributed by atoms with Crippen LogP contribution >= 0.6 is 0 Å². The number of carboxylic acid groups (broad SMARTS) is 1. The first-order valence-corrected chi connectivity index (χ1v) is 11.1. The largest absolute Gasteiger partial charge is 0.479 e. The van der Waals surface area contributed by atoms with Gasteiger partial charge >= 0.3 is 12.1 Å². The van der Waals surface area contributed by atoms with Crippen molar-refractivity contribution in [2.45, 2.75) is 24.3 Å². The Bertz CT molecular complexity index is 1120. The quantitative estimate of drug-likeness (QED) is 0.640. The molecule has 1 fully saturated rings. The topological polar surface area (TPSA) is 105 Å². The van der Waals surface area contributed by atoms with Crippen molar-refractivity contribution >= 4 is 18.0 Å². The standard InChI is InChI=1S/C26H26N2O6/c1-33-17-26(24(30)31)13-7-15-28(26)23(29)12-6-14-27-25(32)34-16-22-20-10-4-2-8-18(20)19-9-3-5-11-21(19)22/h2-5,8-11,22H,7,13-17H2,1H3,(H,27,32)(H,30,31). The van der Waals surface area contributed by atoms with Crippen LogP contribution in [-0.2, 0) is 19.1 Å². The van der Waals surface area contributed by atoms with Gasteiger partial charge in [0.1, 0.15) is 6.61 Å². The van der Waals surface area contributed by atoms with Gasteiger partial charge in [0.15, 0.2) is 5.54 Å². The molecule has 34 heavy (non-hydrogen) atoms. The van der Waals surface area contributed by atoms with E-state index in [1.54, 1.807) is 0 Å². The summed E-state index contributed by atoms with van der Waals surface area (Å²) in [6.07, 6.45) is 0.229. The third-order valence-electron chi connectivity index (χ3n) is 6.38. The number of benzene rings is 2. The van der Waals surface area contributed by atoms with Crippen molar-refractivity contribution in [2.24, 2.45) is 0 Å². The fourth-order valence-electron chi connectivity index (χ4n) is 4.80. The maximum Gasteiger partial charge on any atom is 0.407 e. The van der Waals surface area contributed by atoms with Crippen molar-refractivity contribution in [1.29, 1.82) is 0 Å². The Morgan fingerprint density at radius 1 is 1.12 bits per heavy atom. The summed E-state index contributed by atoms with van der Waals surface area (Å²) < 4.78 is 10.5. The van der Waals surface area contributed by atoms with Gasteiger partial charge in [-0.2, -0.15) is 0 Å². The zero-order valence-electron chi connectivity index (χ0n) is 18.9. The molecule has 1 aliphatic heterocycles. The maximum atomic E-state index is 12.5. The third-order valence-corrected chi connectivity index (χ3v) is 6.38. The number of likely N-dealkylation sites (tertiary alicyclic amines) is 1. The first kappa shape index (κ1) is 23.3. The zero-order valence-corrected chi connectivity index (χ0v) is 18.9. The predicted octanol–water partition coefficient (Wildman–Crippen LogP) is 2.62. The Kier molecular flexibility index (Phi) is 6.85. The van der Waals surface area contributed by atoms with Gasteiger partial charge in [0.2, 0.25) is 0 Å². The lowest BCUT2D eigenvalue weighted by Crippen LogP contribution is -2.55. The number of hydrogen-bond donors (Lipinski definition) is 2. The molecule has 0 spiro atoms. The molecule has 2 aromatic carbocycles. The fraction of sp³-hybridized carbons (Fsp3) is 0.346. The van der Waals surface area contributed by atoms with Gasteiger partial charge in [-0.1, -0.05) is 54.5 Å². The lowest BCUT2D eigenvalue weighted by molar-refractivity contribution is -0.158. The van der Waals surface area contributed by atoms with Gasteiger partial charge < -0.3 is 24.8 Å². The molecule has 1 aliphatic carbocycles. The second kappa shape index (κ2) is 9.98. The summed E-state index contributed by atoms with van der Waals surface area (Å²) in [6.45, 7) is 0.273. The summed E-state index contributed by atoms with van der Waals surface area (Å²) >= 11 is 0. The third kappa shape index (κ3) is 4.35. The van der Waals surface area contributed by atoms with E-state index in [1.807, 2.05) is 36.4 Å². The minimum atomic E-state index is -1.40. The molecule has 1 atom stereocenters. The van der Waals surface area contributed by atoms with Gasteiger partial charge in [-0.05, 0) is 41.0 Å². The molecule has 2 N–H and O–H groups in total. The number of carbonyl (C=O) groups excluding carboxylic acids is 2. The van der Waals surface area contributed by atoms with Crippen LogP contribution in [-0.4, -0.2) is 66.9 Å². The molecule has 0 radical (unpaired) electrons. The molecule has 1 saturated heterocycles. The van der Waals surface area contributed by atoms with Crippen LogP contribution < -0.4 is 5.32 Å². The summed E-state index contributed by atoms with van der Waals surface area (Å²) in [6, 6.07) is 16.1. The Morgan fingerprint density at radius 2 is 1.76 bits per heavy atom. The molecule has 0 saturated carbocycles. The Morgan fingerprint density at radius 3 is 2.38 bits per heavy atom. The van der Waals surface area contributed by atoms with Gasteiger partial charge in [-0.15, -0.1) is 0 Å². The summed E-state index contributed by atoms with van der Waals surface area (Å²) in [5.41, 5.74) is 3.12. The molecule has 1 unspecified atom stereocenters. The molecule has 8 nitrogen and oxygen atoms in total. The maximum absolute atomic E-state index is 12.5. The van der Waals surface area contributed by atoms with Crippen molar-refractivity contribution in [1.82, 2.24) is 10.2 Å². The highest BCUT2D eigenvalue weighted by atomic mass is 16.5. The van der Waals surface area contributed by atoms with Crippen LogP contribution in [0.3, 0.4) is 0 Å². The highest BCUT2D eigenvalue weighted by Gasteiger charge is 2.50. The highest BCUT2D eigenvalue weighted by Crippen LogP contribution is 2.44. The van der Waals surface area contributed by atoms with E-state index in [0.717, 1.165) is 22.3 Å². The van der Waals surface area contributed by atoms with Crippen molar-refractivity contribution in [3.8, 4) is 23.0 Å². The molecule has 0 bridgehead atoms. The highest BCUT2D eigenvalue weighted by molar-refractivity contribution is 5.98. The number of alkyl carbamates (subject to hydrolysis) is 1. The molecule has 2 aromatic rings. The number of methoxy groups -OCH3 is 1. The predicted molar refractivity (Wildman–Crippen MR) is 124 cm³/mol. The summed E-state index contributed by atoms with van der Waals surface area (Å²) in [4.78, 5) is 37.7. The second-order valence-corrected chi connectivity index (χ2v) is 8.31. The molecule has 8 heteroatoms. The van der Waals surface area contributed by atoms with Gasteiger partial charge in [-0.3, -0.25) is 4.79 Å².